The molecule has 0 atom stereocenters. The Morgan fingerprint density at radius 2 is 0.537 bits per heavy atom. The second-order valence-electron chi connectivity index (χ2n) is 11.4. The fraction of sp³-hybridized carbons (Fsp3) is 1.00. The first-order valence-electron chi connectivity index (χ1n) is 15.6. The van der Waals surface area contributed by atoms with Gasteiger partial charge in [-0.3, -0.25) is 0 Å². The van der Waals surface area contributed by atoms with Crippen LogP contribution < -0.4 is 0 Å². The van der Waals surface area contributed by atoms with E-state index in [-0.39, 0.29) is 0 Å². The van der Waals surface area contributed by atoms with E-state index in [2.05, 4.69) is 0 Å². The summed E-state index contributed by atoms with van der Waals surface area (Å²) in [5.74, 6) is 0. The van der Waals surface area contributed by atoms with E-state index < -0.39 is 26.4 Å². The lowest BCUT2D eigenvalue weighted by Gasteiger charge is -2.30. The maximum absolute atomic E-state index is 5.58. The Morgan fingerprint density at radius 3 is 0.732 bits per heavy atom. The van der Waals surface area contributed by atoms with E-state index in [1.165, 1.54) is 87.3 Å². The first-order chi connectivity index (χ1) is 19.7. The van der Waals surface area contributed by atoms with Crippen LogP contribution in [-0.2, 0) is 39.8 Å². The third-order valence-electron chi connectivity index (χ3n) is 8.84. The van der Waals surface area contributed by atoms with Gasteiger partial charge in [-0.05, 0) is 24.3 Å². The van der Waals surface area contributed by atoms with Crippen molar-refractivity contribution in [1.82, 2.24) is 0 Å². The van der Waals surface area contributed by atoms with Gasteiger partial charge < -0.3 is 39.8 Å². The molecule has 9 nitrogen and oxygen atoms in total. The van der Waals surface area contributed by atoms with Crippen molar-refractivity contribution >= 4 is 36.7 Å². The Kier molecular flexibility index (Phi) is 24.1. The molecule has 0 fully saturated rings. The van der Waals surface area contributed by atoms with E-state index >= 15 is 0 Å². The van der Waals surface area contributed by atoms with Gasteiger partial charge in [0, 0.05) is 92.4 Å². The maximum Gasteiger partial charge on any atom is 0.500 e. The van der Waals surface area contributed by atoms with Crippen LogP contribution in [0, 0.1) is 0 Å². The van der Waals surface area contributed by atoms with Gasteiger partial charge in [-0.1, -0.05) is 77.0 Å². The van der Waals surface area contributed by atoms with Crippen LogP contribution in [0.5, 0.6) is 0 Å². The predicted octanol–water partition coefficient (Wildman–Crippen LogP) is 6.00. The molecule has 0 spiro atoms. The maximum atomic E-state index is 5.58. The zero-order valence-electron chi connectivity index (χ0n) is 28.4. The molecule has 0 unspecified atom stereocenters. The summed E-state index contributed by atoms with van der Waals surface area (Å²) in [4.78, 5) is 0. The summed E-state index contributed by atoms with van der Waals surface area (Å²) in [5.41, 5.74) is 0. The van der Waals surface area contributed by atoms with E-state index in [0.717, 1.165) is 37.4 Å². The summed E-state index contributed by atoms with van der Waals surface area (Å²) in [6, 6.07) is 2.67. The molecule has 0 heterocycles. The Hall–Kier alpha value is 0.508. The molecular formula is C28H66O9Si4. The Balaban J connectivity index is 4.69. The Bertz CT molecular complexity index is 503. The lowest BCUT2D eigenvalue weighted by molar-refractivity contribution is 0.122. The average molecular weight is 659 g/mol. The molecule has 0 aliphatic rings. The van der Waals surface area contributed by atoms with Crippen LogP contribution in [0.3, 0.4) is 0 Å². The van der Waals surface area contributed by atoms with Crippen LogP contribution >= 0.6 is 0 Å². The summed E-state index contributed by atoms with van der Waals surface area (Å²) in [6.45, 7) is 0. The van der Waals surface area contributed by atoms with Crippen molar-refractivity contribution in [3.8, 4) is 0 Å². The molecule has 0 aromatic carbocycles. The molecule has 0 bridgehead atoms. The second-order valence-corrected chi connectivity index (χ2v) is 22.8. The van der Waals surface area contributed by atoms with Crippen molar-refractivity contribution in [1.29, 1.82) is 0 Å². The zero-order valence-corrected chi connectivity index (χ0v) is 33.4. The highest BCUT2D eigenvalue weighted by Crippen LogP contribution is 2.41. The Morgan fingerprint density at radius 1 is 0.341 bits per heavy atom. The van der Waals surface area contributed by atoms with E-state index in [0.29, 0.717) is 5.04 Å². The number of hydrogen-bond acceptors (Lipinski definition) is 9. The normalized spacial score (nSPS) is 13.4. The van der Waals surface area contributed by atoms with Crippen LogP contribution in [0.25, 0.3) is 0 Å². The van der Waals surface area contributed by atoms with Gasteiger partial charge in [0.1, 0.15) is 0 Å². The van der Waals surface area contributed by atoms with Crippen molar-refractivity contribution < 1.29 is 39.8 Å². The van der Waals surface area contributed by atoms with Gasteiger partial charge in [0.15, 0.2) is 0 Å². The average Bonchev–Trinajstić information content (AvgIpc) is 3.01. The first-order valence-corrected chi connectivity index (χ1v) is 22.4. The summed E-state index contributed by atoms with van der Waals surface area (Å²) in [7, 11) is 9.21. The topological polar surface area (TPSA) is 83.1 Å². The quantitative estimate of drug-likeness (QED) is 0.0682. The third kappa shape index (κ3) is 16.4. The minimum Gasteiger partial charge on any atom is -0.377 e. The Labute approximate surface area is 259 Å². The van der Waals surface area contributed by atoms with Gasteiger partial charge in [0.2, 0.25) is 0 Å². The molecular weight excluding hydrogens is 593 g/mol. The summed E-state index contributed by atoms with van der Waals surface area (Å²) >= 11 is 0. The standard InChI is InChI=1S/C28H66O9Si4/c1-29-39(30-2,31-3)25-19-13-10-16-22-28(38,23-17-11-14-20-26-40(32-4,33-5)34-6)24-18-12-15-21-27-41(35-7,36-8)37-9/h10-27H2,1-9,38H3. The number of hydrogen-bond donors (Lipinski definition) is 0. The van der Waals surface area contributed by atoms with Crippen molar-refractivity contribution in [3.05, 3.63) is 0 Å². The smallest absolute Gasteiger partial charge is 0.377 e. The van der Waals surface area contributed by atoms with Crippen LogP contribution in [0.4, 0.5) is 0 Å². The summed E-state index contributed by atoms with van der Waals surface area (Å²) in [5, 5.41) is 0.526. The molecule has 0 aliphatic heterocycles. The van der Waals surface area contributed by atoms with Gasteiger partial charge in [-0.25, -0.2) is 0 Å². The van der Waals surface area contributed by atoms with Gasteiger partial charge in [-0.2, -0.15) is 0 Å². The van der Waals surface area contributed by atoms with Gasteiger partial charge >= 0.3 is 26.4 Å². The molecule has 0 aromatic heterocycles. The SMILES string of the molecule is CO[Si](CCCCCCC([SiH3])(CCCCCC[Si](OC)(OC)OC)CCCCCC[Si](OC)(OC)OC)(OC)OC. The minimum absolute atomic E-state index is 0.526. The highest BCUT2D eigenvalue weighted by molar-refractivity contribution is 6.61. The molecule has 0 amide bonds. The molecule has 41 heavy (non-hydrogen) atoms. The van der Waals surface area contributed by atoms with Crippen LogP contribution in [-0.4, -0.2) is 101 Å². The molecule has 0 aliphatic carbocycles. The van der Waals surface area contributed by atoms with Crippen molar-refractivity contribution in [2.75, 3.05) is 64.0 Å². The van der Waals surface area contributed by atoms with Gasteiger partial charge in [0.05, 0.1) is 0 Å². The van der Waals surface area contributed by atoms with E-state index in [9.17, 15) is 0 Å². The molecule has 0 N–H and O–H groups in total. The second kappa shape index (κ2) is 23.8. The van der Waals surface area contributed by atoms with E-state index in [1.807, 2.05) is 0 Å². The fourth-order valence-corrected chi connectivity index (χ4v) is 12.2. The van der Waals surface area contributed by atoms with Crippen LogP contribution in [0.1, 0.15) is 96.3 Å². The molecule has 0 saturated heterocycles. The molecule has 0 saturated carbocycles. The predicted molar refractivity (Wildman–Crippen MR) is 177 cm³/mol. The number of rotatable bonds is 30. The first kappa shape index (κ1) is 41.5. The summed E-state index contributed by atoms with van der Waals surface area (Å²) < 4.78 is 50.2. The molecule has 0 radical (unpaired) electrons. The van der Waals surface area contributed by atoms with Crippen molar-refractivity contribution in [3.63, 3.8) is 0 Å². The largest absolute Gasteiger partial charge is 0.500 e. The third-order valence-corrected chi connectivity index (χ3v) is 18.8. The summed E-state index contributed by atoms with van der Waals surface area (Å²) in [6.07, 6.45) is 18.7. The lowest BCUT2D eigenvalue weighted by Crippen LogP contribution is -2.42. The van der Waals surface area contributed by atoms with Gasteiger partial charge in [0.25, 0.3) is 0 Å². The number of unbranched alkanes of at least 4 members (excludes halogenated alkanes) is 9. The highest BCUT2D eigenvalue weighted by Gasteiger charge is 2.38. The van der Waals surface area contributed by atoms with Crippen molar-refractivity contribution in [2.45, 2.75) is 119 Å². The zero-order chi connectivity index (χ0) is 31.1. The molecule has 13 heteroatoms. The molecule has 0 aromatic rings. The van der Waals surface area contributed by atoms with Crippen LogP contribution in [0.2, 0.25) is 23.2 Å². The highest BCUT2D eigenvalue weighted by atomic mass is 28.4. The van der Waals surface area contributed by atoms with Gasteiger partial charge in [-0.15, -0.1) is 0 Å². The molecule has 0 rings (SSSR count). The van der Waals surface area contributed by atoms with Crippen LogP contribution in [0.15, 0.2) is 0 Å². The molecule has 248 valence electrons. The minimum atomic E-state index is -2.45. The van der Waals surface area contributed by atoms with E-state index in [1.54, 1.807) is 64.0 Å². The monoisotopic (exact) mass is 658 g/mol. The lowest BCUT2D eigenvalue weighted by atomic mass is 9.88. The fourth-order valence-electron chi connectivity index (χ4n) is 5.78. The van der Waals surface area contributed by atoms with Crippen molar-refractivity contribution in [2.24, 2.45) is 0 Å². The van der Waals surface area contributed by atoms with E-state index in [4.69, 9.17) is 39.8 Å².